The van der Waals surface area contributed by atoms with Gasteiger partial charge < -0.3 is 28.8 Å². The van der Waals surface area contributed by atoms with Crippen molar-refractivity contribution in [3.8, 4) is 16.9 Å². The zero-order valence-electron chi connectivity index (χ0n) is 29.2. The van der Waals surface area contributed by atoms with E-state index < -0.39 is 11.2 Å². The van der Waals surface area contributed by atoms with E-state index in [2.05, 4.69) is 49.0 Å². The minimum atomic E-state index is -1.22. The molecule has 1 aliphatic rings. The monoisotopic (exact) mass is 683 g/mol. The van der Waals surface area contributed by atoms with Crippen molar-refractivity contribution in [2.45, 2.75) is 70.6 Å². The van der Waals surface area contributed by atoms with E-state index in [1.807, 2.05) is 65.4 Å². The minimum absolute atomic E-state index is 0.153. The lowest BCUT2D eigenvalue weighted by Gasteiger charge is -2.26. The Hall–Kier alpha value is -4.12. The van der Waals surface area contributed by atoms with Gasteiger partial charge in [0.25, 0.3) is 5.91 Å². The molecule has 2 aromatic carbocycles. The third-order valence-electron chi connectivity index (χ3n) is 8.30. The summed E-state index contributed by atoms with van der Waals surface area (Å²) < 4.78 is 26.6. The number of nitrogens with zero attached hydrogens (tertiary/aromatic N) is 4. The quantitative estimate of drug-likeness (QED) is 0.0897. The van der Waals surface area contributed by atoms with E-state index >= 15 is 0 Å². The normalized spacial score (nSPS) is 13.5. The Labute approximate surface area is 293 Å². The molecule has 49 heavy (non-hydrogen) atoms. The fourth-order valence-corrected chi connectivity index (χ4v) is 6.88. The van der Waals surface area contributed by atoms with Crippen LogP contribution in [-0.2, 0) is 33.0 Å². The van der Waals surface area contributed by atoms with Crippen molar-refractivity contribution in [1.29, 1.82) is 0 Å². The molecule has 0 bridgehead atoms. The maximum Gasteiger partial charge on any atom is 0.251 e. The molecule has 2 aromatic heterocycles. The number of rotatable bonds is 17. The van der Waals surface area contributed by atoms with Gasteiger partial charge in [-0.2, -0.15) is 0 Å². The van der Waals surface area contributed by atoms with Gasteiger partial charge in [0, 0.05) is 54.8 Å². The lowest BCUT2D eigenvalue weighted by Crippen LogP contribution is -2.30. The summed E-state index contributed by atoms with van der Waals surface area (Å²) >= 11 is -1.22. The average Bonchev–Trinajstić information content (AvgIpc) is 3.45. The molecule has 4 aromatic rings. The Balaban J connectivity index is 1.27. The van der Waals surface area contributed by atoms with Crippen molar-refractivity contribution >= 4 is 34.7 Å². The Bertz CT molecular complexity index is 1670. The summed E-state index contributed by atoms with van der Waals surface area (Å²) in [4.78, 5) is 25.7. The molecule has 0 saturated heterocycles. The second-order valence-electron chi connectivity index (χ2n) is 12.8. The number of imidazole rings is 1. The number of anilines is 2. The Morgan fingerprint density at radius 1 is 1.00 bits per heavy atom. The van der Waals surface area contributed by atoms with Crippen molar-refractivity contribution in [3.63, 3.8) is 0 Å². The standard InChI is InChI=1S/C39H49N5O4S/c1-5-7-19-47-20-21-48-36-12-8-30(9-13-36)33-23-32-22-31(16-18-43(26-29(3)4)38(32)41-24-33)39(45)42-34-10-14-37(15-11-34)49(46)27-35-25-40-28-44(35)17-6-2/h8-15,22-25,28-29H,5-7,16-21,26-27H2,1-4H3,(H,42,45)/t49-/m0/s1. The zero-order valence-corrected chi connectivity index (χ0v) is 30.0. The van der Waals surface area contributed by atoms with E-state index in [1.165, 1.54) is 0 Å². The van der Waals surface area contributed by atoms with E-state index in [0.29, 0.717) is 54.0 Å². The van der Waals surface area contributed by atoms with Crippen molar-refractivity contribution in [3.05, 3.63) is 90.1 Å². The number of ether oxygens (including phenoxy) is 2. The smallest absolute Gasteiger partial charge is 0.251 e. The molecular formula is C39H49N5O4S. The molecule has 10 heteroatoms. The molecule has 9 nitrogen and oxygen atoms in total. The summed E-state index contributed by atoms with van der Waals surface area (Å²) in [6.45, 7) is 12.9. The molecule has 0 aliphatic carbocycles. The van der Waals surface area contributed by atoms with Crippen LogP contribution in [0.15, 0.2) is 83.8 Å². The molecule has 1 aliphatic heterocycles. The van der Waals surface area contributed by atoms with Gasteiger partial charge in [0.2, 0.25) is 0 Å². The van der Waals surface area contributed by atoms with Crippen LogP contribution < -0.4 is 15.0 Å². The number of pyridine rings is 1. The summed E-state index contributed by atoms with van der Waals surface area (Å²) in [6, 6.07) is 17.4. The SMILES string of the molecule is CCCCOCCOc1ccc(-c2cnc3c(c2)C=C(C(=O)Nc2ccc([S@@+]([O-])Cc4cncn4CCC)cc2)CCN3CC(C)C)cc1. The highest BCUT2D eigenvalue weighted by atomic mass is 32.2. The highest BCUT2D eigenvalue weighted by Crippen LogP contribution is 2.32. The largest absolute Gasteiger partial charge is 0.611 e. The van der Waals surface area contributed by atoms with Gasteiger partial charge in [-0.1, -0.05) is 46.2 Å². The van der Waals surface area contributed by atoms with E-state index in [1.54, 1.807) is 12.5 Å². The van der Waals surface area contributed by atoms with Gasteiger partial charge in [0.1, 0.15) is 18.2 Å². The summed E-state index contributed by atoms with van der Waals surface area (Å²) in [5.74, 6) is 2.36. The second kappa shape index (κ2) is 18.0. The first-order chi connectivity index (χ1) is 23.8. The molecule has 1 amide bonds. The zero-order chi connectivity index (χ0) is 34.6. The molecule has 0 unspecified atom stereocenters. The first kappa shape index (κ1) is 36.2. The Morgan fingerprint density at radius 3 is 2.53 bits per heavy atom. The number of amides is 1. The lowest BCUT2D eigenvalue weighted by atomic mass is 10.0. The van der Waals surface area contributed by atoms with Gasteiger partial charge in [0.05, 0.1) is 24.8 Å². The highest BCUT2D eigenvalue weighted by molar-refractivity contribution is 7.90. The van der Waals surface area contributed by atoms with E-state index in [9.17, 15) is 9.35 Å². The van der Waals surface area contributed by atoms with Gasteiger partial charge in [0.15, 0.2) is 10.6 Å². The molecular weight excluding hydrogens is 635 g/mol. The second-order valence-corrected chi connectivity index (χ2v) is 14.2. The van der Waals surface area contributed by atoms with Gasteiger partial charge in [-0.25, -0.2) is 9.97 Å². The number of unbranched alkanes of at least 4 members (excludes halogenated alkanes) is 1. The molecule has 0 spiro atoms. The average molecular weight is 684 g/mol. The third-order valence-corrected chi connectivity index (χ3v) is 9.65. The summed E-state index contributed by atoms with van der Waals surface area (Å²) in [6.07, 6.45) is 11.2. The maximum atomic E-state index is 13.6. The molecule has 260 valence electrons. The van der Waals surface area contributed by atoms with E-state index in [4.69, 9.17) is 14.5 Å². The van der Waals surface area contributed by atoms with Crippen LogP contribution in [-0.4, -0.2) is 57.9 Å². The predicted molar refractivity (Wildman–Crippen MR) is 198 cm³/mol. The molecule has 0 radical (unpaired) electrons. The molecule has 1 atom stereocenters. The van der Waals surface area contributed by atoms with Crippen LogP contribution in [0.25, 0.3) is 17.2 Å². The number of carbonyl (C=O) groups is 1. The fourth-order valence-electron chi connectivity index (χ4n) is 5.76. The van der Waals surface area contributed by atoms with Crippen molar-refractivity contribution < 1.29 is 18.8 Å². The van der Waals surface area contributed by atoms with Crippen molar-refractivity contribution in [1.82, 2.24) is 14.5 Å². The molecule has 0 saturated carbocycles. The number of benzene rings is 2. The summed E-state index contributed by atoms with van der Waals surface area (Å²) in [5.41, 5.74) is 5.21. The number of fused-ring (bicyclic) bond motifs is 1. The van der Waals surface area contributed by atoms with Gasteiger partial charge in [-0.15, -0.1) is 0 Å². The predicted octanol–water partition coefficient (Wildman–Crippen LogP) is 7.75. The highest BCUT2D eigenvalue weighted by Gasteiger charge is 2.22. The van der Waals surface area contributed by atoms with Crippen LogP contribution in [0.3, 0.4) is 0 Å². The number of aryl methyl sites for hydroxylation is 1. The van der Waals surface area contributed by atoms with Crippen LogP contribution >= 0.6 is 0 Å². The number of aromatic nitrogens is 3. The summed E-state index contributed by atoms with van der Waals surface area (Å²) in [7, 11) is 0. The summed E-state index contributed by atoms with van der Waals surface area (Å²) in [5, 5.41) is 3.06. The van der Waals surface area contributed by atoms with Gasteiger partial charge in [-0.3, -0.25) is 4.79 Å². The van der Waals surface area contributed by atoms with E-state index in [0.717, 1.165) is 72.9 Å². The molecule has 1 N–H and O–H groups in total. The van der Waals surface area contributed by atoms with Crippen LogP contribution in [0.5, 0.6) is 5.75 Å². The van der Waals surface area contributed by atoms with Crippen molar-refractivity contribution in [2.24, 2.45) is 5.92 Å². The first-order valence-corrected chi connectivity index (χ1v) is 18.7. The molecule has 0 fully saturated rings. The minimum Gasteiger partial charge on any atom is -0.611 e. The molecule has 3 heterocycles. The molecule has 5 rings (SSSR count). The maximum absolute atomic E-state index is 13.6. The number of hydrogen-bond acceptors (Lipinski definition) is 7. The van der Waals surface area contributed by atoms with Crippen LogP contribution in [0.4, 0.5) is 11.5 Å². The topological polar surface area (TPSA) is 105 Å². The Morgan fingerprint density at radius 2 is 1.80 bits per heavy atom. The fraction of sp³-hybridized carbons (Fsp3) is 0.410. The van der Waals surface area contributed by atoms with E-state index in [-0.39, 0.29) is 5.91 Å². The first-order valence-electron chi connectivity index (χ1n) is 17.4. The van der Waals surface area contributed by atoms with Crippen LogP contribution in [0.1, 0.15) is 64.6 Å². The third kappa shape index (κ3) is 10.2. The number of nitrogens with one attached hydrogen (secondary N) is 1. The lowest BCUT2D eigenvalue weighted by molar-refractivity contribution is -0.112. The number of carbonyl (C=O) groups excluding carboxylic acids is 1. The van der Waals surface area contributed by atoms with Crippen molar-refractivity contribution in [2.75, 3.05) is 43.1 Å². The Kier molecular flexibility index (Phi) is 13.3. The van der Waals surface area contributed by atoms with Gasteiger partial charge >= 0.3 is 0 Å². The number of hydrogen-bond donors (Lipinski definition) is 1. The van der Waals surface area contributed by atoms with Crippen LogP contribution in [0.2, 0.25) is 0 Å². The van der Waals surface area contributed by atoms with Crippen LogP contribution in [0, 0.1) is 5.92 Å². The van der Waals surface area contributed by atoms with Gasteiger partial charge in [-0.05, 0) is 90.5 Å².